The van der Waals surface area contributed by atoms with Crippen molar-refractivity contribution in [2.24, 2.45) is 22.9 Å². The van der Waals surface area contributed by atoms with Crippen LogP contribution in [-0.2, 0) is 14.4 Å². The fourth-order valence-electron chi connectivity index (χ4n) is 3.51. The number of esters is 1. The maximum absolute atomic E-state index is 11.0. The van der Waals surface area contributed by atoms with Crippen molar-refractivity contribution in [3.05, 3.63) is 0 Å². The molecule has 0 saturated heterocycles. The van der Waals surface area contributed by atoms with Crippen LogP contribution in [0.5, 0.6) is 0 Å². The predicted octanol–water partition coefficient (Wildman–Crippen LogP) is 1.35. The van der Waals surface area contributed by atoms with Crippen LogP contribution in [0.1, 0.15) is 26.7 Å². The second-order valence-corrected chi connectivity index (χ2v) is 4.87. The van der Waals surface area contributed by atoms with Gasteiger partial charge in [-0.1, -0.05) is 5.16 Å². The maximum atomic E-state index is 11.0. The Labute approximate surface area is 88.6 Å². The second kappa shape index (κ2) is 2.97. The molecule has 0 aromatic heterocycles. The van der Waals surface area contributed by atoms with E-state index in [0.29, 0.717) is 17.8 Å². The standard InChI is InChI=1S/C11H15NO3/c1-5-10-8-3-7(11(10)15-12-5)4-9(8)14-6(2)13/h7-11H,3-4H2,1-2H3/t7-,8+,9+,10+,11-/m0/s1. The zero-order valence-corrected chi connectivity index (χ0v) is 8.97. The molecule has 0 spiro atoms. The number of hydrogen-bond acceptors (Lipinski definition) is 4. The monoisotopic (exact) mass is 209 g/mol. The Balaban J connectivity index is 1.79. The van der Waals surface area contributed by atoms with Crippen molar-refractivity contribution in [3.63, 3.8) is 0 Å². The lowest BCUT2D eigenvalue weighted by atomic mass is 9.82. The first-order valence-corrected chi connectivity index (χ1v) is 5.54. The molecule has 0 radical (unpaired) electrons. The molecule has 0 N–H and O–H groups in total. The van der Waals surface area contributed by atoms with E-state index in [9.17, 15) is 4.79 Å². The summed E-state index contributed by atoms with van der Waals surface area (Å²) < 4.78 is 5.35. The zero-order valence-electron chi connectivity index (χ0n) is 8.97. The molecule has 0 unspecified atom stereocenters. The van der Waals surface area contributed by atoms with E-state index in [1.165, 1.54) is 6.92 Å². The number of oxime groups is 1. The van der Waals surface area contributed by atoms with Crippen LogP contribution in [0, 0.1) is 17.8 Å². The first-order chi connectivity index (χ1) is 7.16. The summed E-state index contributed by atoms with van der Waals surface area (Å²) in [6.45, 7) is 3.49. The highest BCUT2D eigenvalue weighted by Gasteiger charge is 2.58. The summed E-state index contributed by atoms with van der Waals surface area (Å²) in [6.07, 6.45) is 2.44. The van der Waals surface area contributed by atoms with Gasteiger partial charge in [0.2, 0.25) is 0 Å². The largest absolute Gasteiger partial charge is 0.462 e. The van der Waals surface area contributed by atoms with E-state index < -0.39 is 0 Å². The molecule has 2 fully saturated rings. The average Bonchev–Trinajstić information content (AvgIpc) is 2.77. The number of rotatable bonds is 1. The molecular formula is C11H15NO3. The molecule has 0 aromatic carbocycles. The van der Waals surface area contributed by atoms with E-state index in [1.807, 2.05) is 6.92 Å². The highest BCUT2D eigenvalue weighted by atomic mass is 16.6. The van der Waals surface area contributed by atoms with Crippen molar-refractivity contribution in [1.82, 2.24) is 0 Å². The van der Waals surface area contributed by atoms with Crippen molar-refractivity contribution in [3.8, 4) is 0 Å². The second-order valence-electron chi connectivity index (χ2n) is 4.87. The Morgan fingerprint density at radius 1 is 1.53 bits per heavy atom. The normalized spacial score (nSPS) is 46.0. The minimum Gasteiger partial charge on any atom is -0.462 e. The Hall–Kier alpha value is -1.06. The van der Waals surface area contributed by atoms with Gasteiger partial charge in [-0.3, -0.25) is 4.79 Å². The lowest BCUT2D eigenvalue weighted by Crippen LogP contribution is -2.37. The third kappa shape index (κ3) is 1.20. The van der Waals surface area contributed by atoms with E-state index in [4.69, 9.17) is 9.57 Å². The van der Waals surface area contributed by atoms with Crippen molar-refractivity contribution in [2.75, 3.05) is 0 Å². The highest BCUT2D eigenvalue weighted by molar-refractivity contribution is 5.86. The van der Waals surface area contributed by atoms with Crippen molar-refractivity contribution in [2.45, 2.75) is 38.9 Å². The summed E-state index contributed by atoms with van der Waals surface area (Å²) in [6, 6.07) is 0. The zero-order chi connectivity index (χ0) is 10.6. The van der Waals surface area contributed by atoms with E-state index in [2.05, 4.69) is 5.16 Å². The van der Waals surface area contributed by atoms with Gasteiger partial charge in [-0.2, -0.15) is 0 Å². The molecule has 4 nitrogen and oxygen atoms in total. The van der Waals surface area contributed by atoms with Crippen LogP contribution in [0.4, 0.5) is 0 Å². The van der Waals surface area contributed by atoms with Crippen LogP contribution in [0.25, 0.3) is 0 Å². The predicted molar refractivity (Wildman–Crippen MR) is 53.2 cm³/mol. The first-order valence-electron chi connectivity index (χ1n) is 5.54. The minimum absolute atomic E-state index is 0.0978. The molecule has 2 bridgehead atoms. The van der Waals surface area contributed by atoms with Gasteiger partial charge in [-0.05, 0) is 19.8 Å². The lowest BCUT2D eigenvalue weighted by Gasteiger charge is -2.29. The van der Waals surface area contributed by atoms with E-state index in [0.717, 1.165) is 18.6 Å². The summed E-state index contributed by atoms with van der Waals surface area (Å²) >= 11 is 0. The minimum atomic E-state index is -0.169. The van der Waals surface area contributed by atoms with Gasteiger partial charge in [0.25, 0.3) is 0 Å². The summed E-state index contributed by atoms with van der Waals surface area (Å²) in [5, 5.41) is 4.05. The molecule has 2 aliphatic carbocycles. The number of fused-ring (bicyclic) bond motifs is 5. The van der Waals surface area contributed by atoms with Crippen LogP contribution in [0.2, 0.25) is 0 Å². The van der Waals surface area contributed by atoms with Crippen LogP contribution >= 0.6 is 0 Å². The van der Waals surface area contributed by atoms with Gasteiger partial charge < -0.3 is 9.57 Å². The topological polar surface area (TPSA) is 47.9 Å². The van der Waals surface area contributed by atoms with E-state index in [-0.39, 0.29) is 18.2 Å². The van der Waals surface area contributed by atoms with Gasteiger partial charge in [0.15, 0.2) is 0 Å². The summed E-state index contributed by atoms with van der Waals surface area (Å²) in [5.41, 5.74) is 1.07. The number of ether oxygens (including phenoxy) is 1. The first kappa shape index (κ1) is 9.19. The van der Waals surface area contributed by atoms with Crippen LogP contribution < -0.4 is 0 Å². The maximum Gasteiger partial charge on any atom is 0.302 e. The molecule has 0 aromatic rings. The third-order valence-electron chi connectivity index (χ3n) is 3.99. The number of carbonyl (C=O) groups is 1. The number of hydrogen-bond donors (Lipinski definition) is 0. The smallest absolute Gasteiger partial charge is 0.302 e. The van der Waals surface area contributed by atoms with Crippen molar-refractivity contribution < 1.29 is 14.4 Å². The summed E-state index contributed by atoms with van der Waals surface area (Å²) in [5.74, 6) is 1.20. The molecule has 3 aliphatic rings. The van der Waals surface area contributed by atoms with Crippen molar-refractivity contribution in [1.29, 1.82) is 0 Å². The van der Waals surface area contributed by atoms with Crippen LogP contribution in [0.3, 0.4) is 0 Å². The Kier molecular flexibility index (Phi) is 1.82. The van der Waals surface area contributed by atoms with Crippen LogP contribution in [0.15, 0.2) is 5.16 Å². The van der Waals surface area contributed by atoms with Gasteiger partial charge >= 0.3 is 5.97 Å². The van der Waals surface area contributed by atoms with E-state index in [1.54, 1.807) is 0 Å². The van der Waals surface area contributed by atoms with Gasteiger partial charge in [0.05, 0.1) is 5.71 Å². The molecular weight excluding hydrogens is 194 g/mol. The number of carbonyl (C=O) groups excluding carboxylic acids is 1. The van der Waals surface area contributed by atoms with Gasteiger partial charge in [-0.25, -0.2) is 0 Å². The molecule has 1 heterocycles. The fourth-order valence-corrected chi connectivity index (χ4v) is 3.51. The Morgan fingerprint density at radius 2 is 2.33 bits per heavy atom. The molecule has 1 aliphatic heterocycles. The molecule has 2 saturated carbocycles. The molecule has 3 rings (SSSR count). The summed E-state index contributed by atoms with van der Waals surface area (Å²) in [7, 11) is 0. The Morgan fingerprint density at radius 3 is 3.07 bits per heavy atom. The van der Waals surface area contributed by atoms with Crippen molar-refractivity contribution >= 4 is 11.7 Å². The average molecular weight is 209 g/mol. The highest BCUT2D eigenvalue weighted by Crippen LogP contribution is 2.53. The van der Waals surface area contributed by atoms with Crippen LogP contribution in [-0.4, -0.2) is 23.9 Å². The molecule has 4 heteroatoms. The van der Waals surface area contributed by atoms with Gasteiger partial charge in [0.1, 0.15) is 12.2 Å². The molecule has 0 amide bonds. The molecule has 5 atom stereocenters. The SMILES string of the molecule is CC(=O)O[C@@H]1C[C@@H]2C[C@H]1[C@H]1C(C)=NO[C@@H]21. The number of nitrogens with zero attached hydrogens (tertiary/aromatic N) is 1. The molecule has 82 valence electrons. The lowest BCUT2D eigenvalue weighted by molar-refractivity contribution is -0.150. The Bertz CT molecular complexity index is 339. The third-order valence-corrected chi connectivity index (χ3v) is 3.99. The summed E-state index contributed by atoms with van der Waals surface area (Å²) in [4.78, 5) is 16.4. The quantitative estimate of drug-likeness (QED) is 0.612. The fraction of sp³-hybridized carbons (Fsp3) is 0.818. The molecule has 15 heavy (non-hydrogen) atoms. The van der Waals surface area contributed by atoms with E-state index >= 15 is 0 Å². The van der Waals surface area contributed by atoms with Gasteiger partial charge in [0, 0.05) is 24.7 Å². The van der Waals surface area contributed by atoms with Gasteiger partial charge in [-0.15, -0.1) is 0 Å².